The first-order valence-electron chi connectivity index (χ1n) is 3.95. The molecule has 0 aliphatic rings. The molecule has 1 radical (unpaired) electrons. The van der Waals surface area contributed by atoms with Gasteiger partial charge in [0.25, 0.3) is 0 Å². The topological polar surface area (TPSA) is 0 Å². The van der Waals surface area contributed by atoms with Crippen molar-refractivity contribution in [2.24, 2.45) is 0 Å². The van der Waals surface area contributed by atoms with Crippen molar-refractivity contribution in [1.82, 2.24) is 0 Å². The van der Waals surface area contributed by atoms with Gasteiger partial charge in [-0.25, -0.2) is 0 Å². The van der Waals surface area contributed by atoms with Gasteiger partial charge in [-0.2, -0.15) is 0 Å². The van der Waals surface area contributed by atoms with E-state index in [-0.39, 0.29) is 0 Å². The fourth-order valence-electron chi connectivity index (χ4n) is 1.48. The molecule has 0 bridgehead atoms. The SMILES string of the molecule is C[CH2][Ge]([CH](C)C)[CH](C)C. The van der Waals surface area contributed by atoms with Crippen LogP contribution in [0.3, 0.4) is 0 Å². The zero-order valence-corrected chi connectivity index (χ0v) is 9.46. The molecule has 0 heterocycles. The van der Waals surface area contributed by atoms with Gasteiger partial charge >= 0.3 is 63.7 Å². The van der Waals surface area contributed by atoms with Crippen molar-refractivity contribution in [3.8, 4) is 0 Å². The summed E-state index contributed by atoms with van der Waals surface area (Å²) in [6, 6.07) is 0. The molecule has 0 amide bonds. The van der Waals surface area contributed by atoms with E-state index in [2.05, 4.69) is 34.6 Å². The van der Waals surface area contributed by atoms with E-state index < -0.39 is 14.3 Å². The quantitative estimate of drug-likeness (QED) is 0.595. The Kier molecular flexibility index (Phi) is 4.64. The summed E-state index contributed by atoms with van der Waals surface area (Å²) in [6.45, 7) is 11.9. The van der Waals surface area contributed by atoms with E-state index in [1.165, 1.54) is 5.25 Å². The van der Waals surface area contributed by atoms with Gasteiger partial charge < -0.3 is 0 Å². The van der Waals surface area contributed by atoms with Crippen LogP contribution in [-0.4, -0.2) is 14.3 Å². The van der Waals surface area contributed by atoms with E-state index in [1.807, 2.05) is 0 Å². The van der Waals surface area contributed by atoms with Crippen LogP contribution in [0.1, 0.15) is 34.6 Å². The second-order valence-electron chi connectivity index (χ2n) is 3.24. The molecule has 0 unspecified atom stereocenters. The summed E-state index contributed by atoms with van der Waals surface area (Å²) in [5.41, 5.74) is 0. The minimum absolute atomic E-state index is 0.616. The minimum atomic E-state index is -0.616. The standard InChI is InChI=1S/C8H19Ge/c1-6-9(7(2)3)8(4)5/h7-8H,6H2,1-5H3. The van der Waals surface area contributed by atoms with Crippen LogP contribution in [0.15, 0.2) is 0 Å². The van der Waals surface area contributed by atoms with E-state index in [0.29, 0.717) is 0 Å². The molecule has 0 rings (SSSR count). The number of rotatable bonds is 3. The maximum atomic E-state index is 2.39. The number of hydrogen-bond donors (Lipinski definition) is 0. The first-order chi connectivity index (χ1) is 4.09. The third-order valence-electron chi connectivity index (χ3n) is 1.89. The first kappa shape index (κ1) is 9.54. The molecule has 0 N–H and O–H groups in total. The van der Waals surface area contributed by atoms with E-state index in [9.17, 15) is 0 Å². The summed E-state index contributed by atoms with van der Waals surface area (Å²) in [5, 5.41) is 1.50. The molecule has 9 heavy (non-hydrogen) atoms. The van der Waals surface area contributed by atoms with Crippen molar-refractivity contribution >= 4 is 14.3 Å². The molecule has 0 saturated heterocycles. The van der Waals surface area contributed by atoms with Gasteiger partial charge in [0, 0.05) is 0 Å². The van der Waals surface area contributed by atoms with Gasteiger partial charge in [0.15, 0.2) is 0 Å². The summed E-state index contributed by atoms with van der Waals surface area (Å²) >= 11 is -0.616. The van der Waals surface area contributed by atoms with Crippen LogP contribution < -0.4 is 0 Å². The molecule has 0 nitrogen and oxygen atoms in total. The Morgan fingerprint density at radius 3 is 1.33 bits per heavy atom. The van der Waals surface area contributed by atoms with E-state index in [4.69, 9.17) is 0 Å². The Hall–Kier alpha value is 0.543. The molecule has 0 aliphatic carbocycles. The Labute approximate surface area is 64.1 Å². The summed E-state index contributed by atoms with van der Waals surface area (Å²) < 4.78 is 2.05. The molecule has 0 atom stereocenters. The Morgan fingerprint density at radius 2 is 1.33 bits per heavy atom. The van der Waals surface area contributed by atoms with Crippen molar-refractivity contribution < 1.29 is 0 Å². The van der Waals surface area contributed by atoms with Crippen molar-refractivity contribution in [1.29, 1.82) is 0 Å². The van der Waals surface area contributed by atoms with Crippen LogP contribution in [0.2, 0.25) is 14.8 Å². The number of hydrogen-bond acceptors (Lipinski definition) is 0. The third-order valence-corrected chi connectivity index (χ3v) is 9.83. The molecule has 0 aromatic carbocycles. The fourth-order valence-corrected chi connectivity index (χ4v) is 7.71. The van der Waals surface area contributed by atoms with Gasteiger partial charge in [-0.15, -0.1) is 0 Å². The van der Waals surface area contributed by atoms with Gasteiger partial charge in [0.1, 0.15) is 0 Å². The van der Waals surface area contributed by atoms with Crippen LogP contribution in [0.25, 0.3) is 0 Å². The van der Waals surface area contributed by atoms with E-state index >= 15 is 0 Å². The molecule has 0 aliphatic heterocycles. The Morgan fingerprint density at radius 1 is 1.00 bits per heavy atom. The molecule has 55 valence electrons. The molecule has 0 spiro atoms. The van der Waals surface area contributed by atoms with Crippen molar-refractivity contribution in [3.63, 3.8) is 0 Å². The van der Waals surface area contributed by atoms with Gasteiger partial charge in [-0.05, 0) is 0 Å². The second-order valence-corrected chi connectivity index (χ2v) is 12.0. The molecule has 0 fully saturated rings. The van der Waals surface area contributed by atoms with Crippen molar-refractivity contribution in [3.05, 3.63) is 0 Å². The van der Waals surface area contributed by atoms with E-state index in [1.54, 1.807) is 0 Å². The maximum absolute atomic E-state index is 2.39. The van der Waals surface area contributed by atoms with Crippen LogP contribution in [-0.2, 0) is 0 Å². The van der Waals surface area contributed by atoms with Gasteiger partial charge in [0.05, 0.1) is 0 Å². The zero-order valence-electron chi connectivity index (χ0n) is 7.36. The van der Waals surface area contributed by atoms with Crippen LogP contribution in [0.4, 0.5) is 0 Å². The summed E-state index contributed by atoms with van der Waals surface area (Å²) in [5.74, 6) is 0. The Balaban J connectivity index is 3.68. The average Bonchev–Trinajstić information content (AvgIpc) is 1.64. The van der Waals surface area contributed by atoms with Crippen molar-refractivity contribution in [2.45, 2.75) is 49.4 Å². The van der Waals surface area contributed by atoms with Crippen LogP contribution >= 0.6 is 0 Å². The summed E-state index contributed by atoms with van der Waals surface area (Å²) in [4.78, 5) is 0. The molecule has 1 heteroatoms. The van der Waals surface area contributed by atoms with Gasteiger partial charge in [0.2, 0.25) is 0 Å². The van der Waals surface area contributed by atoms with Crippen LogP contribution in [0.5, 0.6) is 0 Å². The molecule has 0 saturated carbocycles. The molecule has 0 aromatic rings. The molecular formula is C8H19Ge. The van der Waals surface area contributed by atoms with Gasteiger partial charge in [-0.1, -0.05) is 0 Å². The molecule has 0 aromatic heterocycles. The zero-order chi connectivity index (χ0) is 7.44. The van der Waals surface area contributed by atoms with Gasteiger partial charge in [-0.3, -0.25) is 0 Å². The fraction of sp³-hybridized carbons (Fsp3) is 1.00. The third kappa shape index (κ3) is 3.29. The average molecular weight is 188 g/mol. The Bertz CT molecular complexity index is 59.0. The predicted octanol–water partition coefficient (Wildman–Crippen LogP) is 3.32. The monoisotopic (exact) mass is 189 g/mol. The van der Waals surface area contributed by atoms with Crippen molar-refractivity contribution in [2.75, 3.05) is 0 Å². The predicted molar refractivity (Wildman–Crippen MR) is 46.4 cm³/mol. The first-order valence-corrected chi connectivity index (χ1v) is 7.85. The second kappa shape index (κ2) is 4.37. The summed E-state index contributed by atoms with van der Waals surface area (Å²) in [6.07, 6.45) is 0. The summed E-state index contributed by atoms with van der Waals surface area (Å²) in [7, 11) is 0. The van der Waals surface area contributed by atoms with E-state index in [0.717, 1.165) is 9.50 Å². The van der Waals surface area contributed by atoms with Crippen LogP contribution in [0, 0.1) is 0 Å². The normalized spacial score (nSPS) is 12.0. The molecular weight excluding hydrogens is 169 g/mol.